The molecular formula is C21H26ClFN4O2. The van der Waals surface area contributed by atoms with Gasteiger partial charge in [0.1, 0.15) is 11.7 Å². The average molecular weight is 421 g/mol. The number of nitrogens with zero attached hydrogens (tertiary/aromatic N) is 2. The standard InChI is InChI=1S/C21H26ClFN4O2/c1-2-27-19-10-20(26-13-3-5-29-6-4-13)25-11-12(19)7-15(21(27)28)14-8-18(24)17(23)9-16(14)22/h7,9-10,12-14H,2-6,8,11,24H2,1H3,(H,25,26)/t12?,14-/m1/s1. The summed E-state index contributed by atoms with van der Waals surface area (Å²) in [5.74, 6) is -0.228. The van der Waals surface area contributed by atoms with Crippen molar-refractivity contribution in [2.45, 2.75) is 32.2 Å². The number of fused-ring (bicyclic) bond motifs is 1. The first-order valence-electron chi connectivity index (χ1n) is 10.1. The van der Waals surface area contributed by atoms with E-state index in [2.05, 4.69) is 5.32 Å². The highest BCUT2D eigenvalue weighted by Crippen LogP contribution is 2.40. The zero-order valence-electron chi connectivity index (χ0n) is 16.5. The minimum absolute atomic E-state index is 0.00988. The topological polar surface area (TPSA) is 80.0 Å². The Labute approximate surface area is 175 Å². The highest BCUT2D eigenvalue weighted by atomic mass is 35.5. The normalized spacial score (nSPS) is 28.4. The van der Waals surface area contributed by atoms with Gasteiger partial charge in [-0.2, -0.15) is 0 Å². The van der Waals surface area contributed by atoms with Crippen molar-refractivity contribution >= 4 is 23.3 Å². The first kappa shape index (κ1) is 20.2. The maximum Gasteiger partial charge on any atom is 0.254 e. The number of halogens is 2. The third-order valence-electron chi connectivity index (χ3n) is 5.90. The molecule has 1 aliphatic carbocycles. The first-order chi connectivity index (χ1) is 14.0. The Hall–Kier alpha value is -2.12. The lowest BCUT2D eigenvalue weighted by Crippen LogP contribution is -2.45. The van der Waals surface area contributed by atoms with Crippen molar-refractivity contribution in [3.63, 3.8) is 0 Å². The number of hydrogen-bond acceptors (Lipinski definition) is 5. The minimum atomic E-state index is -0.519. The molecule has 0 bridgehead atoms. The van der Waals surface area contributed by atoms with Crippen molar-refractivity contribution in [2.75, 3.05) is 26.3 Å². The maximum absolute atomic E-state index is 13.7. The van der Waals surface area contributed by atoms with Gasteiger partial charge in [-0.15, -0.1) is 0 Å². The smallest absolute Gasteiger partial charge is 0.254 e. The summed E-state index contributed by atoms with van der Waals surface area (Å²) in [5.41, 5.74) is 7.43. The van der Waals surface area contributed by atoms with Crippen molar-refractivity contribution in [3.05, 3.63) is 46.1 Å². The second kappa shape index (κ2) is 8.32. The van der Waals surface area contributed by atoms with E-state index in [0.29, 0.717) is 29.7 Å². The Morgan fingerprint density at radius 2 is 2.14 bits per heavy atom. The molecule has 0 radical (unpaired) electrons. The summed E-state index contributed by atoms with van der Waals surface area (Å²) in [5, 5.41) is 3.79. The molecular weight excluding hydrogens is 395 g/mol. The van der Waals surface area contributed by atoms with Gasteiger partial charge in [0.15, 0.2) is 0 Å². The van der Waals surface area contributed by atoms with Gasteiger partial charge in [0.2, 0.25) is 0 Å². The van der Waals surface area contributed by atoms with E-state index in [9.17, 15) is 9.18 Å². The molecule has 0 aromatic rings. The monoisotopic (exact) mass is 420 g/mol. The van der Waals surface area contributed by atoms with Crippen molar-refractivity contribution in [3.8, 4) is 0 Å². The second-order valence-electron chi connectivity index (χ2n) is 7.76. The number of aliphatic imine (C=N–C) groups is 1. The molecule has 29 heavy (non-hydrogen) atoms. The van der Waals surface area contributed by atoms with Gasteiger partial charge in [0.25, 0.3) is 5.91 Å². The van der Waals surface area contributed by atoms with E-state index in [1.54, 1.807) is 4.90 Å². The molecule has 1 unspecified atom stereocenters. The molecule has 0 aromatic carbocycles. The zero-order chi connectivity index (χ0) is 20.5. The Bertz CT molecular complexity index is 855. The molecule has 3 heterocycles. The second-order valence-corrected chi connectivity index (χ2v) is 8.20. The van der Waals surface area contributed by atoms with E-state index in [1.807, 2.05) is 19.1 Å². The van der Waals surface area contributed by atoms with Crippen molar-refractivity contribution < 1.29 is 13.9 Å². The summed E-state index contributed by atoms with van der Waals surface area (Å²) in [6.07, 6.45) is 7.24. The highest BCUT2D eigenvalue weighted by molar-refractivity contribution is 6.30. The number of rotatable bonds is 3. The lowest BCUT2D eigenvalue weighted by Gasteiger charge is -2.38. The summed E-state index contributed by atoms with van der Waals surface area (Å²) < 4.78 is 19.2. The quantitative estimate of drug-likeness (QED) is 0.735. The molecule has 1 amide bonds. The van der Waals surface area contributed by atoms with Gasteiger partial charge in [-0.25, -0.2) is 4.39 Å². The number of amidine groups is 1. The third kappa shape index (κ3) is 3.98. The van der Waals surface area contributed by atoms with E-state index < -0.39 is 11.7 Å². The number of carbonyl (C=O) groups excluding carboxylic acids is 1. The number of carbonyl (C=O) groups is 1. The largest absolute Gasteiger partial charge is 0.400 e. The maximum atomic E-state index is 13.7. The number of dihydropyridines is 1. The van der Waals surface area contributed by atoms with Gasteiger partial charge < -0.3 is 20.7 Å². The number of hydrogen-bond donors (Lipinski definition) is 2. The molecule has 1 fully saturated rings. The summed E-state index contributed by atoms with van der Waals surface area (Å²) in [7, 11) is 0. The number of allylic oxidation sites excluding steroid dienone is 4. The zero-order valence-corrected chi connectivity index (χ0v) is 17.2. The number of likely N-dealkylation sites (N-methyl/N-ethyl adjacent to an activating group) is 1. The third-order valence-corrected chi connectivity index (χ3v) is 6.27. The lowest BCUT2D eigenvalue weighted by molar-refractivity contribution is -0.126. The van der Waals surface area contributed by atoms with Crippen LogP contribution in [-0.2, 0) is 9.53 Å². The molecule has 2 atom stereocenters. The summed E-state index contributed by atoms with van der Waals surface area (Å²) in [4.78, 5) is 19.7. The van der Waals surface area contributed by atoms with Crippen LogP contribution in [0.1, 0.15) is 26.2 Å². The van der Waals surface area contributed by atoms with Crippen LogP contribution in [0.2, 0.25) is 0 Å². The van der Waals surface area contributed by atoms with Crippen LogP contribution in [0.4, 0.5) is 4.39 Å². The van der Waals surface area contributed by atoms with E-state index >= 15 is 0 Å². The Balaban J connectivity index is 1.58. The van der Waals surface area contributed by atoms with Gasteiger partial charge in [-0.05, 0) is 25.8 Å². The highest BCUT2D eigenvalue weighted by Gasteiger charge is 2.38. The van der Waals surface area contributed by atoms with Crippen LogP contribution in [0.5, 0.6) is 0 Å². The van der Waals surface area contributed by atoms with Gasteiger partial charge in [-0.1, -0.05) is 17.7 Å². The van der Waals surface area contributed by atoms with Gasteiger partial charge >= 0.3 is 0 Å². The SMILES string of the molecule is CCN1C(=O)C([C@H]2CC(N)=C(F)C=C2Cl)=CC2CN=C(NC3CCOCC3)C=C21. The van der Waals surface area contributed by atoms with Crippen LogP contribution in [0, 0.1) is 11.8 Å². The van der Waals surface area contributed by atoms with E-state index in [4.69, 9.17) is 27.1 Å². The van der Waals surface area contributed by atoms with Gasteiger partial charge in [0.05, 0.1) is 6.54 Å². The van der Waals surface area contributed by atoms with Gasteiger partial charge in [0, 0.05) is 72.1 Å². The molecule has 6 nitrogen and oxygen atoms in total. The molecule has 3 N–H and O–H groups in total. The molecule has 0 spiro atoms. The summed E-state index contributed by atoms with van der Waals surface area (Å²) in [6, 6.07) is 0.340. The predicted molar refractivity (Wildman–Crippen MR) is 111 cm³/mol. The van der Waals surface area contributed by atoms with Crippen LogP contribution in [0.3, 0.4) is 0 Å². The number of amides is 1. The van der Waals surface area contributed by atoms with Gasteiger partial charge in [-0.3, -0.25) is 9.79 Å². The molecule has 3 aliphatic heterocycles. The van der Waals surface area contributed by atoms with Crippen molar-refractivity contribution in [1.29, 1.82) is 0 Å². The molecule has 4 aliphatic rings. The number of nitrogens with one attached hydrogen (secondary N) is 1. The van der Waals surface area contributed by atoms with Crippen LogP contribution >= 0.6 is 11.6 Å². The van der Waals surface area contributed by atoms with E-state index in [1.165, 1.54) is 6.08 Å². The lowest BCUT2D eigenvalue weighted by atomic mass is 9.83. The van der Waals surface area contributed by atoms with Crippen LogP contribution in [0.25, 0.3) is 0 Å². The Morgan fingerprint density at radius 3 is 2.86 bits per heavy atom. The first-order valence-corrected chi connectivity index (χ1v) is 10.5. The predicted octanol–water partition coefficient (Wildman–Crippen LogP) is 2.74. The van der Waals surface area contributed by atoms with Crippen LogP contribution < -0.4 is 11.1 Å². The minimum Gasteiger partial charge on any atom is -0.400 e. The fourth-order valence-electron chi connectivity index (χ4n) is 4.28. The molecule has 1 saturated heterocycles. The summed E-state index contributed by atoms with van der Waals surface area (Å²) >= 11 is 6.30. The van der Waals surface area contributed by atoms with Crippen molar-refractivity contribution in [2.24, 2.45) is 22.6 Å². The molecule has 4 rings (SSSR count). The fourth-order valence-corrected chi connectivity index (χ4v) is 4.57. The molecule has 0 aromatic heterocycles. The van der Waals surface area contributed by atoms with Crippen molar-refractivity contribution in [1.82, 2.24) is 10.2 Å². The van der Waals surface area contributed by atoms with Crippen LogP contribution in [-0.4, -0.2) is 49.0 Å². The molecule has 156 valence electrons. The Kier molecular flexibility index (Phi) is 5.79. The summed E-state index contributed by atoms with van der Waals surface area (Å²) in [6.45, 7) is 4.55. The fraction of sp³-hybridized carbons (Fsp3) is 0.524. The van der Waals surface area contributed by atoms with E-state index in [-0.39, 0.29) is 23.9 Å². The van der Waals surface area contributed by atoms with Crippen LogP contribution in [0.15, 0.2) is 51.0 Å². The van der Waals surface area contributed by atoms with E-state index in [0.717, 1.165) is 37.6 Å². The molecule has 8 heteroatoms. The molecule has 0 saturated carbocycles. The number of ether oxygens (including phenoxy) is 1. The Morgan fingerprint density at radius 1 is 1.38 bits per heavy atom. The number of nitrogens with two attached hydrogens (primary N) is 1. The average Bonchev–Trinajstić information content (AvgIpc) is 2.71.